The fourth-order valence-electron chi connectivity index (χ4n) is 1.41. The second-order valence-corrected chi connectivity index (χ2v) is 5.43. The predicted molar refractivity (Wildman–Crippen MR) is 81.7 cm³/mol. The molecule has 0 unspecified atom stereocenters. The lowest BCUT2D eigenvalue weighted by Crippen LogP contribution is -1.96. The average molecular weight is 404 g/mol. The van der Waals surface area contributed by atoms with Crippen molar-refractivity contribution < 1.29 is 4.39 Å². The van der Waals surface area contributed by atoms with Gasteiger partial charge < -0.3 is 0 Å². The van der Waals surface area contributed by atoms with Gasteiger partial charge in [-0.3, -0.25) is 0 Å². The van der Waals surface area contributed by atoms with Crippen LogP contribution in [-0.4, -0.2) is 9.78 Å². The summed E-state index contributed by atoms with van der Waals surface area (Å²) < 4.78 is 14.7. The Morgan fingerprint density at radius 3 is 2.89 bits per heavy atom. The summed E-state index contributed by atoms with van der Waals surface area (Å²) in [5.74, 6) is 2.32. The maximum atomic E-state index is 13.4. The number of hydrogen-bond acceptors (Lipinski definition) is 3. The lowest BCUT2D eigenvalue weighted by atomic mass is 10.2. The zero-order valence-electron chi connectivity index (χ0n) is 9.19. The van der Waals surface area contributed by atoms with Crippen molar-refractivity contribution in [1.82, 2.24) is 9.78 Å². The van der Waals surface area contributed by atoms with Crippen LogP contribution >= 0.6 is 41.7 Å². The molecule has 0 radical (unpaired) electrons. The number of halogens is 3. The van der Waals surface area contributed by atoms with Crippen LogP contribution in [0.25, 0.3) is 5.69 Å². The van der Waals surface area contributed by atoms with Gasteiger partial charge in [0.1, 0.15) is 5.82 Å². The van der Waals surface area contributed by atoms with E-state index in [2.05, 4.69) is 16.3 Å². The molecule has 0 fully saturated rings. The lowest BCUT2D eigenvalue weighted by Gasteiger charge is -2.01. The molecule has 1 aromatic carbocycles. The van der Waals surface area contributed by atoms with Crippen molar-refractivity contribution in [3.05, 3.63) is 46.5 Å². The number of benzene rings is 1. The molecule has 0 amide bonds. The number of aromatic nitrogens is 2. The van der Waals surface area contributed by atoms with Crippen LogP contribution < -0.4 is 0 Å². The Hall–Kier alpha value is -1.22. The molecule has 0 saturated heterocycles. The van der Waals surface area contributed by atoms with Crippen molar-refractivity contribution in [3.63, 3.8) is 0 Å². The van der Waals surface area contributed by atoms with E-state index in [0.717, 1.165) is 6.07 Å². The number of nitriles is 1. The summed E-state index contributed by atoms with van der Waals surface area (Å²) in [7, 11) is 1.33. The highest BCUT2D eigenvalue weighted by atomic mass is 127. The Labute approximate surface area is 130 Å². The molecule has 0 aliphatic heterocycles. The third-order valence-corrected chi connectivity index (χ3v) is 3.29. The predicted octanol–water partition coefficient (Wildman–Crippen LogP) is 3.93. The molecule has 1 aromatic heterocycles. The zero-order valence-corrected chi connectivity index (χ0v) is 12.9. The van der Waals surface area contributed by atoms with Crippen molar-refractivity contribution in [2.45, 2.75) is 0 Å². The minimum absolute atomic E-state index is 0.220. The van der Waals surface area contributed by atoms with E-state index in [-0.39, 0.29) is 10.7 Å². The molecular formula is C12H4ClFIN3S. The summed E-state index contributed by atoms with van der Waals surface area (Å²) in [6.07, 6.45) is 1.60. The Morgan fingerprint density at radius 2 is 2.21 bits per heavy atom. The van der Waals surface area contributed by atoms with Crippen molar-refractivity contribution in [2.24, 2.45) is 0 Å². The Balaban J connectivity index is 2.48. The highest BCUT2D eigenvalue weighted by molar-refractivity contribution is 14.2. The monoisotopic (exact) mass is 403 g/mol. The minimum Gasteiger partial charge on any atom is -0.238 e. The molecule has 7 heteroatoms. The fourth-order valence-corrected chi connectivity index (χ4v) is 2.07. The second-order valence-electron chi connectivity index (χ2n) is 3.39. The standard InChI is InChI=1S/C12H4ClFIN3S/c13-12-9(1-2-19-15)7-18(17-12)11-4-8(6-16)3-10(14)5-11/h3-5,7H. The van der Waals surface area contributed by atoms with Crippen LogP contribution in [0.1, 0.15) is 11.1 Å². The summed E-state index contributed by atoms with van der Waals surface area (Å²) in [6, 6.07) is 5.84. The first kappa shape index (κ1) is 14.2. The highest BCUT2D eigenvalue weighted by Crippen LogP contribution is 2.18. The molecule has 0 aliphatic carbocycles. The van der Waals surface area contributed by atoms with Crippen molar-refractivity contribution in [3.8, 4) is 22.9 Å². The van der Waals surface area contributed by atoms with Crippen LogP contribution in [0.2, 0.25) is 5.15 Å². The third-order valence-electron chi connectivity index (χ3n) is 2.17. The minimum atomic E-state index is -0.504. The van der Waals surface area contributed by atoms with Gasteiger partial charge in [-0.15, -0.1) is 0 Å². The molecule has 0 aliphatic rings. The Bertz CT molecular complexity index is 727. The van der Waals surface area contributed by atoms with Gasteiger partial charge in [0.2, 0.25) is 0 Å². The molecule has 0 bridgehead atoms. The molecule has 2 aromatic rings. The second kappa shape index (κ2) is 6.29. The van der Waals surface area contributed by atoms with E-state index in [9.17, 15) is 4.39 Å². The molecule has 94 valence electrons. The van der Waals surface area contributed by atoms with Crippen LogP contribution in [0.15, 0.2) is 24.4 Å². The van der Waals surface area contributed by atoms with Crippen LogP contribution in [0.4, 0.5) is 4.39 Å². The maximum absolute atomic E-state index is 13.4. The smallest absolute Gasteiger partial charge is 0.167 e. The quantitative estimate of drug-likeness (QED) is 0.535. The summed E-state index contributed by atoms with van der Waals surface area (Å²) in [6.45, 7) is 0. The Kier molecular flexibility index (Phi) is 4.70. The van der Waals surface area contributed by atoms with Gasteiger partial charge in [0, 0.05) is 27.4 Å². The maximum Gasteiger partial charge on any atom is 0.167 e. The van der Waals surface area contributed by atoms with E-state index in [0.29, 0.717) is 11.3 Å². The fraction of sp³-hybridized carbons (Fsp3) is 0. The first-order valence-electron chi connectivity index (χ1n) is 4.89. The average Bonchev–Trinajstić information content (AvgIpc) is 2.77. The van der Waals surface area contributed by atoms with Gasteiger partial charge in [0.15, 0.2) is 5.15 Å². The highest BCUT2D eigenvalue weighted by Gasteiger charge is 2.08. The lowest BCUT2D eigenvalue weighted by molar-refractivity contribution is 0.625. The molecule has 0 N–H and O–H groups in total. The van der Waals surface area contributed by atoms with Gasteiger partial charge in [0.05, 0.1) is 22.9 Å². The van der Waals surface area contributed by atoms with E-state index in [4.69, 9.17) is 16.9 Å². The number of hydrogen-bond donors (Lipinski definition) is 0. The van der Waals surface area contributed by atoms with Crippen LogP contribution in [0.3, 0.4) is 0 Å². The molecule has 3 nitrogen and oxygen atoms in total. The van der Waals surface area contributed by atoms with Gasteiger partial charge in [-0.25, -0.2) is 9.07 Å². The first-order chi connectivity index (χ1) is 9.13. The zero-order chi connectivity index (χ0) is 13.8. The van der Waals surface area contributed by atoms with E-state index < -0.39 is 5.82 Å². The van der Waals surface area contributed by atoms with Crippen LogP contribution in [0.5, 0.6) is 0 Å². The molecule has 1 heterocycles. The van der Waals surface area contributed by atoms with Crippen molar-refractivity contribution in [2.75, 3.05) is 0 Å². The Morgan fingerprint density at radius 1 is 1.42 bits per heavy atom. The van der Waals surface area contributed by atoms with Crippen molar-refractivity contribution in [1.29, 1.82) is 5.26 Å². The van der Waals surface area contributed by atoms with Gasteiger partial charge >= 0.3 is 0 Å². The molecule has 2 rings (SSSR count). The van der Waals surface area contributed by atoms with Gasteiger partial charge in [-0.1, -0.05) is 11.6 Å². The molecular weight excluding hydrogens is 400 g/mol. The molecule has 0 atom stereocenters. The molecule has 19 heavy (non-hydrogen) atoms. The van der Waals surface area contributed by atoms with E-state index in [1.165, 1.54) is 25.7 Å². The first-order valence-corrected chi connectivity index (χ1v) is 8.62. The van der Waals surface area contributed by atoms with Crippen molar-refractivity contribution >= 4 is 41.7 Å². The summed E-state index contributed by atoms with van der Waals surface area (Å²) in [5, 5.41) is 15.9. The SMILES string of the molecule is N#Cc1cc(F)cc(-n2cc(C#CSI)c(Cl)n2)c1. The summed E-state index contributed by atoms with van der Waals surface area (Å²) in [4.78, 5) is 0. The topological polar surface area (TPSA) is 41.6 Å². The molecule has 0 saturated carbocycles. The van der Waals surface area contributed by atoms with Gasteiger partial charge in [-0.05, 0) is 38.3 Å². The summed E-state index contributed by atoms with van der Waals surface area (Å²) >= 11 is 7.98. The number of rotatable bonds is 1. The van der Waals surface area contributed by atoms with Gasteiger partial charge in [0.25, 0.3) is 0 Å². The molecule has 0 spiro atoms. The summed E-state index contributed by atoms with van der Waals surface area (Å²) in [5.41, 5.74) is 1.19. The third kappa shape index (κ3) is 3.41. The van der Waals surface area contributed by atoms with E-state index >= 15 is 0 Å². The normalized spacial score (nSPS) is 9.58. The van der Waals surface area contributed by atoms with E-state index in [1.54, 1.807) is 6.20 Å². The number of nitrogens with zero attached hydrogens (tertiary/aromatic N) is 3. The van der Waals surface area contributed by atoms with E-state index in [1.807, 2.05) is 27.3 Å². The van der Waals surface area contributed by atoms with Gasteiger partial charge in [-0.2, -0.15) is 10.4 Å². The largest absolute Gasteiger partial charge is 0.238 e. The van der Waals surface area contributed by atoms with Crippen LogP contribution in [-0.2, 0) is 0 Å². The van der Waals surface area contributed by atoms with Crippen LogP contribution in [0, 0.1) is 28.3 Å².